The second kappa shape index (κ2) is 6.21. The Morgan fingerprint density at radius 2 is 2.17 bits per heavy atom. The van der Waals surface area contributed by atoms with E-state index in [9.17, 15) is 0 Å². The van der Waals surface area contributed by atoms with Crippen LogP contribution in [-0.4, -0.2) is 5.84 Å². The average Bonchev–Trinajstić information content (AvgIpc) is 2.74. The van der Waals surface area contributed by atoms with Gasteiger partial charge in [0.2, 0.25) is 0 Å². The molecule has 0 saturated carbocycles. The fourth-order valence-corrected chi connectivity index (χ4v) is 2.92. The summed E-state index contributed by atoms with van der Waals surface area (Å²) in [6.45, 7) is 4.50. The van der Waals surface area contributed by atoms with Gasteiger partial charge in [0.1, 0.15) is 5.84 Å². The first-order valence-electron chi connectivity index (χ1n) is 5.97. The maximum atomic E-state index is 7.50. The van der Waals surface area contributed by atoms with E-state index in [1.165, 1.54) is 22.1 Å². The van der Waals surface area contributed by atoms with Crippen molar-refractivity contribution in [3.63, 3.8) is 0 Å². The molecule has 0 saturated heterocycles. The van der Waals surface area contributed by atoms with E-state index >= 15 is 0 Å². The number of nitrogens with two attached hydrogens (primary N) is 1. The van der Waals surface area contributed by atoms with Gasteiger partial charge in [-0.2, -0.15) is 0 Å². The first-order valence-corrected chi connectivity index (χ1v) is 6.79. The van der Waals surface area contributed by atoms with Crippen molar-refractivity contribution in [2.24, 2.45) is 11.7 Å². The van der Waals surface area contributed by atoms with Gasteiger partial charge in [0.05, 0.1) is 4.88 Å². The molecule has 1 aromatic carbocycles. The zero-order valence-corrected chi connectivity index (χ0v) is 12.3. The van der Waals surface area contributed by atoms with Gasteiger partial charge in [-0.25, -0.2) is 0 Å². The van der Waals surface area contributed by atoms with Gasteiger partial charge < -0.3 is 5.73 Å². The van der Waals surface area contributed by atoms with Gasteiger partial charge in [0.25, 0.3) is 0 Å². The van der Waals surface area contributed by atoms with Crippen molar-refractivity contribution in [1.29, 1.82) is 5.41 Å². The smallest absolute Gasteiger partial charge is 0.133 e. The lowest BCUT2D eigenvalue weighted by atomic mass is 9.96. The highest BCUT2D eigenvalue weighted by atomic mass is 35.5. The number of thiophene rings is 1. The molecule has 18 heavy (non-hydrogen) atoms. The molecule has 0 spiro atoms. The van der Waals surface area contributed by atoms with E-state index in [0.29, 0.717) is 5.92 Å². The number of rotatable bonds is 4. The summed E-state index contributed by atoms with van der Waals surface area (Å²) in [6, 6.07) is 8.44. The lowest BCUT2D eigenvalue weighted by Gasteiger charge is -2.09. The number of hydrogen-bond acceptors (Lipinski definition) is 2. The molecular formula is C14H19ClN2S. The second-order valence-electron chi connectivity index (χ2n) is 4.57. The zero-order valence-electron chi connectivity index (χ0n) is 10.7. The van der Waals surface area contributed by atoms with E-state index in [1.807, 2.05) is 0 Å². The van der Waals surface area contributed by atoms with Crippen LogP contribution in [0.3, 0.4) is 0 Å². The van der Waals surface area contributed by atoms with Crippen LogP contribution in [0.1, 0.15) is 30.7 Å². The fraction of sp³-hybridized carbons (Fsp3) is 0.357. The molecule has 1 unspecified atom stereocenters. The maximum absolute atomic E-state index is 7.50. The van der Waals surface area contributed by atoms with E-state index < -0.39 is 0 Å². The summed E-state index contributed by atoms with van der Waals surface area (Å²) in [5.74, 6) is 0.863. The Labute approximate surface area is 118 Å². The number of nitrogens with one attached hydrogen (secondary N) is 1. The predicted molar refractivity (Wildman–Crippen MR) is 83.2 cm³/mol. The molecular weight excluding hydrogens is 264 g/mol. The molecule has 98 valence electrons. The van der Waals surface area contributed by atoms with Crippen LogP contribution < -0.4 is 5.73 Å². The molecule has 1 aromatic heterocycles. The fourth-order valence-electron chi connectivity index (χ4n) is 1.95. The standard InChI is InChI=1S/C14H18N2S.ClH/c1-3-9(2)7-10-5-4-6-12-11(10)8-13(17-12)14(15)16;/h4-6,8-9H,3,7H2,1-2H3,(H3,15,16);1H. The van der Waals surface area contributed by atoms with Crippen molar-refractivity contribution in [1.82, 2.24) is 0 Å². The molecule has 0 aliphatic rings. The third-order valence-corrected chi connectivity index (χ3v) is 4.32. The minimum absolute atomic E-state index is 0. The molecule has 0 bridgehead atoms. The number of nitrogen functional groups attached to an aromatic ring is 1. The van der Waals surface area contributed by atoms with Crippen molar-refractivity contribution in [3.8, 4) is 0 Å². The van der Waals surface area contributed by atoms with Crippen LogP contribution in [0.25, 0.3) is 10.1 Å². The molecule has 0 aliphatic heterocycles. The van der Waals surface area contributed by atoms with Crippen molar-refractivity contribution in [3.05, 3.63) is 34.7 Å². The van der Waals surface area contributed by atoms with Crippen LogP contribution in [0.2, 0.25) is 0 Å². The molecule has 0 amide bonds. The van der Waals surface area contributed by atoms with E-state index in [0.717, 1.165) is 11.3 Å². The first kappa shape index (κ1) is 15.0. The molecule has 1 heterocycles. The molecule has 0 radical (unpaired) electrons. The van der Waals surface area contributed by atoms with Gasteiger partial charge in [0.15, 0.2) is 0 Å². The highest BCUT2D eigenvalue weighted by Crippen LogP contribution is 2.29. The number of halogens is 1. The van der Waals surface area contributed by atoms with E-state index in [-0.39, 0.29) is 18.2 Å². The van der Waals surface area contributed by atoms with Crippen molar-refractivity contribution >= 4 is 39.7 Å². The van der Waals surface area contributed by atoms with Gasteiger partial charge in [-0.05, 0) is 35.4 Å². The van der Waals surface area contributed by atoms with Crippen LogP contribution in [0.5, 0.6) is 0 Å². The van der Waals surface area contributed by atoms with Gasteiger partial charge in [-0.1, -0.05) is 32.4 Å². The summed E-state index contributed by atoms with van der Waals surface area (Å²) >= 11 is 1.60. The summed E-state index contributed by atoms with van der Waals surface area (Å²) in [5.41, 5.74) is 6.92. The minimum Gasteiger partial charge on any atom is -0.383 e. The highest BCUT2D eigenvalue weighted by Gasteiger charge is 2.09. The van der Waals surface area contributed by atoms with Crippen LogP contribution >= 0.6 is 23.7 Å². The van der Waals surface area contributed by atoms with E-state index in [4.69, 9.17) is 11.1 Å². The lowest BCUT2D eigenvalue weighted by molar-refractivity contribution is 0.562. The van der Waals surface area contributed by atoms with E-state index in [1.54, 1.807) is 11.3 Å². The number of amidine groups is 1. The Hall–Kier alpha value is -1.06. The zero-order chi connectivity index (χ0) is 12.4. The first-order chi connectivity index (χ1) is 8.11. The molecule has 2 nitrogen and oxygen atoms in total. The van der Waals surface area contributed by atoms with Gasteiger partial charge in [-0.15, -0.1) is 23.7 Å². The van der Waals surface area contributed by atoms with Gasteiger partial charge in [0, 0.05) is 4.70 Å². The van der Waals surface area contributed by atoms with Gasteiger partial charge in [-0.3, -0.25) is 5.41 Å². The maximum Gasteiger partial charge on any atom is 0.133 e. The van der Waals surface area contributed by atoms with Crippen molar-refractivity contribution in [2.75, 3.05) is 0 Å². The number of hydrogen-bond donors (Lipinski definition) is 2. The Morgan fingerprint density at radius 1 is 1.44 bits per heavy atom. The third kappa shape index (κ3) is 3.03. The Morgan fingerprint density at radius 3 is 2.78 bits per heavy atom. The Balaban J connectivity index is 0.00000162. The molecule has 4 heteroatoms. The molecule has 2 aromatic rings. The summed E-state index contributed by atoms with van der Waals surface area (Å²) in [5, 5.41) is 8.77. The van der Waals surface area contributed by atoms with Gasteiger partial charge >= 0.3 is 0 Å². The topological polar surface area (TPSA) is 49.9 Å². The van der Waals surface area contributed by atoms with Crippen molar-refractivity contribution < 1.29 is 0 Å². The summed E-state index contributed by atoms with van der Waals surface area (Å²) in [7, 11) is 0. The Bertz CT molecular complexity index is 548. The monoisotopic (exact) mass is 282 g/mol. The molecule has 0 fully saturated rings. The predicted octanol–water partition coefficient (Wildman–Crippen LogP) is 4.20. The minimum atomic E-state index is 0. The molecule has 3 N–H and O–H groups in total. The average molecular weight is 283 g/mol. The van der Waals surface area contributed by atoms with Crippen LogP contribution in [0, 0.1) is 11.3 Å². The lowest BCUT2D eigenvalue weighted by Crippen LogP contribution is -2.08. The Kier molecular flexibility index (Phi) is 5.17. The summed E-state index contributed by atoms with van der Waals surface area (Å²) < 4.78 is 1.23. The summed E-state index contributed by atoms with van der Waals surface area (Å²) in [4.78, 5) is 0.872. The third-order valence-electron chi connectivity index (χ3n) is 3.18. The molecule has 2 rings (SSSR count). The molecule has 1 atom stereocenters. The quantitative estimate of drug-likeness (QED) is 0.641. The highest BCUT2D eigenvalue weighted by molar-refractivity contribution is 7.20. The second-order valence-corrected chi connectivity index (χ2v) is 5.65. The van der Waals surface area contributed by atoms with Crippen LogP contribution in [-0.2, 0) is 6.42 Å². The van der Waals surface area contributed by atoms with Crippen LogP contribution in [0.4, 0.5) is 0 Å². The summed E-state index contributed by atoms with van der Waals surface area (Å²) in [6.07, 6.45) is 2.29. The molecule has 0 aliphatic carbocycles. The van der Waals surface area contributed by atoms with Crippen molar-refractivity contribution in [2.45, 2.75) is 26.7 Å². The normalized spacial score (nSPS) is 12.1. The largest absolute Gasteiger partial charge is 0.383 e. The SMILES string of the molecule is CCC(C)Cc1cccc2sc(C(=N)N)cc12.Cl. The number of fused-ring (bicyclic) bond motifs is 1. The van der Waals surface area contributed by atoms with E-state index in [2.05, 4.69) is 38.1 Å². The number of benzene rings is 1. The van der Waals surface area contributed by atoms with Crippen LogP contribution in [0.15, 0.2) is 24.3 Å².